The molecule has 0 aromatic rings. The fraction of sp³-hybridized carbons (Fsp3) is 0.824. The number of nitrogens with zero attached hydrogens (tertiary/aromatic N) is 3. The summed E-state index contributed by atoms with van der Waals surface area (Å²) in [4.78, 5) is 42.3. The molecule has 1 rings (SSSR count). The predicted octanol–water partition coefficient (Wildman–Crippen LogP) is 1.35. The third kappa shape index (κ3) is 4.69. The fourth-order valence-electron chi connectivity index (χ4n) is 2.96. The van der Waals surface area contributed by atoms with Crippen LogP contribution < -0.4 is 0 Å². The Labute approximate surface area is 139 Å². The second kappa shape index (κ2) is 8.31. The van der Waals surface area contributed by atoms with E-state index in [1.807, 2.05) is 13.8 Å². The van der Waals surface area contributed by atoms with Crippen molar-refractivity contribution in [3.8, 4) is 0 Å². The van der Waals surface area contributed by atoms with Gasteiger partial charge in [-0.1, -0.05) is 13.8 Å². The molecule has 132 valence electrons. The highest BCUT2D eigenvalue weighted by atomic mass is 16.2. The summed E-state index contributed by atoms with van der Waals surface area (Å²) >= 11 is 0. The molecule has 1 heterocycles. The second-order valence-electron chi connectivity index (χ2n) is 6.72. The summed E-state index contributed by atoms with van der Waals surface area (Å²) in [6.07, 6.45) is 1.76. The molecule has 0 aromatic heterocycles. The summed E-state index contributed by atoms with van der Waals surface area (Å²) in [5, 5.41) is 0. The molecule has 0 spiro atoms. The molecule has 1 fully saturated rings. The number of hydrogen-bond donors (Lipinski definition) is 0. The van der Waals surface area contributed by atoms with Crippen molar-refractivity contribution in [2.75, 3.05) is 39.3 Å². The molecule has 1 aliphatic rings. The zero-order valence-electron chi connectivity index (χ0n) is 15.2. The Bertz CT molecular complexity index is 434. The molecule has 0 aromatic carbocycles. The van der Waals surface area contributed by atoms with E-state index in [4.69, 9.17) is 0 Å². The molecule has 0 atom stereocenters. The van der Waals surface area contributed by atoms with Crippen LogP contribution >= 0.6 is 0 Å². The quantitative estimate of drug-likeness (QED) is 0.693. The minimum absolute atomic E-state index is 0.0319. The fourth-order valence-corrected chi connectivity index (χ4v) is 2.96. The minimum Gasteiger partial charge on any atom is -0.342 e. The molecular formula is C17H31N3O3. The lowest BCUT2D eigenvalue weighted by atomic mass is 9.89. The Balaban J connectivity index is 2.76. The van der Waals surface area contributed by atoms with Gasteiger partial charge in [0.2, 0.25) is 17.7 Å². The molecule has 1 saturated heterocycles. The van der Waals surface area contributed by atoms with Gasteiger partial charge in [-0.05, 0) is 26.7 Å². The third-order valence-electron chi connectivity index (χ3n) is 4.36. The smallest absolute Gasteiger partial charge is 0.237 e. The van der Waals surface area contributed by atoms with Crippen LogP contribution in [0.15, 0.2) is 0 Å². The summed E-state index contributed by atoms with van der Waals surface area (Å²) in [6.45, 7) is 12.5. The highest BCUT2D eigenvalue weighted by Gasteiger charge is 2.42. The number of hydrogen-bond acceptors (Lipinski definition) is 3. The molecular weight excluding hydrogens is 294 g/mol. The van der Waals surface area contributed by atoms with Crippen LogP contribution in [0.1, 0.15) is 47.5 Å². The van der Waals surface area contributed by atoms with Gasteiger partial charge >= 0.3 is 0 Å². The standard InChI is InChI=1S/C17H31N3O3/c1-6-8-19(9-7-2)15(22)17(4,5)16(23)20-12-10-18(11-13-20)14(3)21/h6-13H2,1-5H3. The first-order valence-corrected chi connectivity index (χ1v) is 8.59. The Hall–Kier alpha value is -1.59. The van der Waals surface area contributed by atoms with Gasteiger partial charge in [0, 0.05) is 46.2 Å². The monoisotopic (exact) mass is 325 g/mol. The number of piperazine rings is 1. The SMILES string of the molecule is CCCN(CCC)C(=O)C(C)(C)C(=O)N1CCN(C(C)=O)CC1. The van der Waals surface area contributed by atoms with Gasteiger partial charge in [0.1, 0.15) is 5.41 Å². The van der Waals surface area contributed by atoms with Gasteiger partial charge in [-0.3, -0.25) is 14.4 Å². The summed E-state index contributed by atoms with van der Waals surface area (Å²) in [7, 11) is 0. The van der Waals surface area contributed by atoms with Gasteiger partial charge in [-0.2, -0.15) is 0 Å². The van der Waals surface area contributed by atoms with E-state index in [0.29, 0.717) is 39.3 Å². The average molecular weight is 325 g/mol. The number of amides is 3. The Morgan fingerprint density at radius 2 is 1.35 bits per heavy atom. The van der Waals surface area contributed by atoms with Gasteiger partial charge in [0.15, 0.2) is 0 Å². The lowest BCUT2D eigenvalue weighted by molar-refractivity contribution is -0.156. The van der Waals surface area contributed by atoms with Crippen LogP contribution in [-0.2, 0) is 14.4 Å². The molecule has 0 unspecified atom stereocenters. The highest BCUT2D eigenvalue weighted by Crippen LogP contribution is 2.24. The van der Waals surface area contributed by atoms with E-state index in [0.717, 1.165) is 12.8 Å². The normalized spacial score (nSPS) is 15.5. The molecule has 0 N–H and O–H groups in total. The number of carbonyl (C=O) groups excluding carboxylic acids is 3. The van der Waals surface area contributed by atoms with Crippen molar-refractivity contribution in [3.63, 3.8) is 0 Å². The molecule has 6 heteroatoms. The maximum Gasteiger partial charge on any atom is 0.237 e. The Morgan fingerprint density at radius 3 is 1.74 bits per heavy atom. The molecule has 0 saturated carbocycles. The van der Waals surface area contributed by atoms with Crippen molar-refractivity contribution >= 4 is 17.7 Å². The maximum atomic E-state index is 12.8. The van der Waals surface area contributed by atoms with Crippen LogP contribution in [0.3, 0.4) is 0 Å². The first-order valence-electron chi connectivity index (χ1n) is 8.59. The zero-order chi connectivity index (χ0) is 17.6. The summed E-state index contributed by atoms with van der Waals surface area (Å²) < 4.78 is 0. The zero-order valence-corrected chi connectivity index (χ0v) is 15.2. The number of carbonyl (C=O) groups is 3. The van der Waals surface area contributed by atoms with E-state index in [1.165, 1.54) is 6.92 Å². The van der Waals surface area contributed by atoms with E-state index in [1.54, 1.807) is 28.5 Å². The van der Waals surface area contributed by atoms with Crippen LogP contribution in [0.2, 0.25) is 0 Å². The van der Waals surface area contributed by atoms with E-state index in [-0.39, 0.29) is 17.7 Å². The largest absolute Gasteiger partial charge is 0.342 e. The molecule has 6 nitrogen and oxygen atoms in total. The maximum absolute atomic E-state index is 12.8. The first-order chi connectivity index (χ1) is 10.8. The van der Waals surface area contributed by atoms with Gasteiger partial charge in [0.05, 0.1) is 0 Å². The average Bonchev–Trinajstić information content (AvgIpc) is 2.53. The third-order valence-corrected chi connectivity index (χ3v) is 4.36. The Kier molecular flexibility index (Phi) is 7.03. The highest BCUT2D eigenvalue weighted by molar-refractivity contribution is 6.04. The molecule has 0 bridgehead atoms. The molecule has 1 aliphatic heterocycles. The van der Waals surface area contributed by atoms with Gasteiger partial charge in [0.25, 0.3) is 0 Å². The molecule has 23 heavy (non-hydrogen) atoms. The van der Waals surface area contributed by atoms with E-state index in [9.17, 15) is 14.4 Å². The van der Waals surface area contributed by atoms with E-state index >= 15 is 0 Å². The summed E-state index contributed by atoms with van der Waals surface area (Å²) in [5.74, 6) is -0.201. The van der Waals surface area contributed by atoms with Gasteiger partial charge in [-0.15, -0.1) is 0 Å². The topological polar surface area (TPSA) is 60.9 Å². The van der Waals surface area contributed by atoms with Crippen LogP contribution in [0.4, 0.5) is 0 Å². The minimum atomic E-state index is -1.05. The Morgan fingerprint density at radius 1 is 0.913 bits per heavy atom. The van der Waals surface area contributed by atoms with Crippen LogP contribution in [0, 0.1) is 5.41 Å². The van der Waals surface area contributed by atoms with E-state index < -0.39 is 5.41 Å². The van der Waals surface area contributed by atoms with Crippen molar-refractivity contribution < 1.29 is 14.4 Å². The van der Waals surface area contributed by atoms with Crippen molar-refractivity contribution in [2.45, 2.75) is 47.5 Å². The second-order valence-corrected chi connectivity index (χ2v) is 6.72. The van der Waals surface area contributed by atoms with Crippen LogP contribution in [0.5, 0.6) is 0 Å². The van der Waals surface area contributed by atoms with Crippen molar-refractivity contribution in [1.29, 1.82) is 0 Å². The van der Waals surface area contributed by atoms with Crippen molar-refractivity contribution in [1.82, 2.24) is 14.7 Å². The molecule has 3 amide bonds. The van der Waals surface area contributed by atoms with Gasteiger partial charge in [-0.25, -0.2) is 0 Å². The number of rotatable bonds is 6. The van der Waals surface area contributed by atoms with E-state index in [2.05, 4.69) is 0 Å². The van der Waals surface area contributed by atoms with Crippen molar-refractivity contribution in [3.05, 3.63) is 0 Å². The summed E-state index contributed by atoms with van der Waals surface area (Å²) in [5.41, 5.74) is -1.05. The summed E-state index contributed by atoms with van der Waals surface area (Å²) in [6, 6.07) is 0. The van der Waals surface area contributed by atoms with Crippen LogP contribution in [0.25, 0.3) is 0 Å². The van der Waals surface area contributed by atoms with Gasteiger partial charge < -0.3 is 14.7 Å². The lowest BCUT2D eigenvalue weighted by Crippen LogP contribution is -2.56. The predicted molar refractivity (Wildman–Crippen MR) is 89.8 cm³/mol. The molecule has 0 aliphatic carbocycles. The first kappa shape index (κ1) is 19.5. The van der Waals surface area contributed by atoms with Crippen molar-refractivity contribution in [2.24, 2.45) is 5.41 Å². The lowest BCUT2D eigenvalue weighted by Gasteiger charge is -2.39. The van der Waals surface area contributed by atoms with Crippen LogP contribution in [-0.4, -0.2) is 71.7 Å². The molecule has 0 radical (unpaired) electrons.